The molecule has 0 bridgehead atoms. The van der Waals surface area contributed by atoms with E-state index in [4.69, 9.17) is 9.47 Å². The van der Waals surface area contributed by atoms with Crippen LogP contribution < -0.4 is 4.74 Å². The van der Waals surface area contributed by atoms with Crippen molar-refractivity contribution in [3.63, 3.8) is 0 Å². The summed E-state index contributed by atoms with van der Waals surface area (Å²) < 4.78 is 12.8. The molecule has 23 heavy (non-hydrogen) atoms. The summed E-state index contributed by atoms with van der Waals surface area (Å²) in [6.07, 6.45) is 2.32. The predicted octanol–water partition coefficient (Wildman–Crippen LogP) is 4.36. The summed E-state index contributed by atoms with van der Waals surface area (Å²) in [5.41, 5.74) is 0.326. The van der Waals surface area contributed by atoms with Crippen LogP contribution in [0.25, 0.3) is 0 Å². The molecule has 2 aliphatic heterocycles. The zero-order valence-corrected chi connectivity index (χ0v) is 14.9. The number of piperidine rings is 1. The Labute approximate surface area is 139 Å². The van der Waals surface area contributed by atoms with Gasteiger partial charge in [-0.3, -0.25) is 0 Å². The van der Waals surface area contributed by atoms with Crippen molar-refractivity contribution in [2.24, 2.45) is 5.92 Å². The molecular formula is C19H29NO3. The Kier molecular flexibility index (Phi) is 3.98. The number of benzene rings is 1. The summed E-state index contributed by atoms with van der Waals surface area (Å²) in [5, 5.41) is 12.5. The van der Waals surface area contributed by atoms with Crippen molar-refractivity contribution in [2.75, 3.05) is 0 Å². The normalized spacial score (nSPS) is 40.7. The fourth-order valence-electron chi connectivity index (χ4n) is 4.20. The first kappa shape index (κ1) is 16.7. The van der Waals surface area contributed by atoms with Crippen LogP contribution in [0.15, 0.2) is 24.3 Å². The van der Waals surface area contributed by atoms with Gasteiger partial charge in [0.25, 0.3) is 0 Å². The number of para-hydroxylation sites is 1. The predicted molar refractivity (Wildman–Crippen MR) is 89.4 cm³/mol. The van der Waals surface area contributed by atoms with Crippen molar-refractivity contribution in [1.29, 1.82) is 0 Å². The molecule has 3 rings (SSSR count). The molecule has 0 amide bonds. The fraction of sp³-hybridized carbons (Fsp3) is 0.684. The lowest BCUT2D eigenvalue weighted by atomic mass is 9.67. The van der Waals surface area contributed by atoms with E-state index in [0.717, 1.165) is 24.2 Å². The molecule has 4 heteroatoms. The van der Waals surface area contributed by atoms with Gasteiger partial charge in [0.15, 0.2) is 0 Å². The molecule has 0 aromatic heterocycles. The van der Waals surface area contributed by atoms with E-state index in [0.29, 0.717) is 13.0 Å². The van der Waals surface area contributed by atoms with Gasteiger partial charge < -0.3 is 14.7 Å². The average Bonchev–Trinajstić information content (AvgIpc) is 2.58. The molecule has 2 aliphatic rings. The zero-order chi connectivity index (χ0) is 16.9. The first-order chi connectivity index (χ1) is 10.8. The summed E-state index contributed by atoms with van der Waals surface area (Å²) in [5.74, 6) is 0.259. The van der Waals surface area contributed by atoms with E-state index in [1.807, 2.05) is 24.3 Å². The molecule has 2 heterocycles. The van der Waals surface area contributed by atoms with E-state index in [-0.39, 0.29) is 11.5 Å². The molecule has 0 saturated carbocycles. The number of rotatable bonds is 2. The minimum atomic E-state index is -0.691. The number of hydrogen-bond acceptors (Lipinski definition) is 4. The Morgan fingerprint density at radius 1 is 1.22 bits per heavy atom. The molecule has 1 aromatic carbocycles. The lowest BCUT2D eigenvalue weighted by molar-refractivity contribution is -0.362. The highest BCUT2D eigenvalue weighted by atomic mass is 16.7. The molecule has 1 aromatic rings. The van der Waals surface area contributed by atoms with Crippen LogP contribution in [0, 0.1) is 5.92 Å². The van der Waals surface area contributed by atoms with Gasteiger partial charge in [-0.05, 0) is 32.8 Å². The number of ether oxygens (including phenoxy) is 2. The summed E-state index contributed by atoms with van der Waals surface area (Å²) in [6, 6.07) is 8.08. The zero-order valence-electron chi connectivity index (χ0n) is 14.9. The van der Waals surface area contributed by atoms with Crippen molar-refractivity contribution in [3.8, 4) is 5.75 Å². The van der Waals surface area contributed by atoms with Crippen LogP contribution in [0.2, 0.25) is 0 Å². The van der Waals surface area contributed by atoms with Crippen LogP contribution in [0.1, 0.15) is 59.4 Å². The maximum Gasteiger partial charge on any atom is 0.217 e. The van der Waals surface area contributed by atoms with Gasteiger partial charge in [-0.1, -0.05) is 39.0 Å². The summed E-state index contributed by atoms with van der Waals surface area (Å²) in [4.78, 5) is 0. The van der Waals surface area contributed by atoms with E-state index >= 15 is 0 Å². The molecule has 128 valence electrons. The highest BCUT2D eigenvalue weighted by Crippen LogP contribution is 2.53. The molecule has 4 atom stereocenters. The van der Waals surface area contributed by atoms with Crippen molar-refractivity contribution < 1.29 is 14.7 Å². The van der Waals surface area contributed by atoms with Gasteiger partial charge in [0.2, 0.25) is 5.79 Å². The topological polar surface area (TPSA) is 41.9 Å². The molecule has 0 aliphatic carbocycles. The van der Waals surface area contributed by atoms with Crippen molar-refractivity contribution >= 4 is 0 Å². The molecule has 1 spiro atoms. The Morgan fingerprint density at radius 3 is 2.57 bits per heavy atom. The molecule has 1 fully saturated rings. The Hall–Kier alpha value is -1.10. The second-order valence-corrected chi connectivity index (χ2v) is 7.58. The Balaban J connectivity index is 2.05. The molecule has 1 N–H and O–H groups in total. The largest absolute Gasteiger partial charge is 0.462 e. The molecule has 4 nitrogen and oxygen atoms in total. The van der Waals surface area contributed by atoms with E-state index in [1.165, 1.54) is 0 Å². The van der Waals surface area contributed by atoms with E-state index in [9.17, 15) is 5.21 Å². The monoisotopic (exact) mass is 319 g/mol. The minimum Gasteiger partial charge on any atom is -0.462 e. The number of hydrogen-bond donors (Lipinski definition) is 1. The van der Waals surface area contributed by atoms with Crippen molar-refractivity contribution in [3.05, 3.63) is 29.8 Å². The first-order valence-corrected chi connectivity index (χ1v) is 8.71. The van der Waals surface area contributed by atoms with Gasteiger partial charge in [0.05, 0.1) is 12.1 Å². The molecule has 1 saturated heterocycles. The van der Waals surface area contributed by atoms with Crippen LogP contribution in [-0.4, -0.2) is 27.1 Å². The van der Waals surface area contributed by atoms with Crippen LogP contribution >= 0.6 is 0 Å². The van der Waals surface area contributed by atoms with Crippen LogP contribution in [0.3, 0.4) is 0 Å². The third kappa shape index (κ3) is 2.31. The molecule has 4 unspecified atom stereocenters. The van der Waals surface area contributed by atoms with E-state index in [1.54, 1.807) is 5.06 Å². The van der Waals surface area contributed by atoms with Gasteiger partial charge in [0.1, 0.15) is 5.75 Å². The van der Waals surface area contributed by atoms with Crippen molar-refractivity contribution in [2.45, 2.75) is 77.4 Å². The maximum atomic E-state index is 10.9. The average molecular weight is 319 g/mol. The van der Waals surface area contributed by atoms with Gasteiger partial charge in [0, 0.05) is 23.4 Å². The number of hydroxylamine groups is 2. The SMILES string of the molecule is CCC1(C)CC2(OCc3ccccc3O2)C(C)C(C)(CC)N1O. The summed E-state index contributed by atoms with van der Waals surface area (Å²) >= 11 is 0. The quantitative estimate of drug-likeness (QED) is 0.879. The second kappa shape index (κ2) is 5.47. The van der Waals surface area contributed by atoms with Crippen molar-refractivity contribution in [1.82, 2.24) is 5.06 Å². The van der Waals surface area contributed by atoms with E-state index in [2.05, 4.69) is 34.6 Å². The lowest BCUT2D eigenvalue weighted by Crippen LogP contribution is -2.73. The minimum absolute atomic E-state index is 0.0398. The van der Waals surface area contributed by atoms with Gasteiger partial charge >= 0.3 is 0 Å². The van der Waals surface area contributed by atoms with Gasteiger partial charge in [-0.25, -0.2) is 0 Å². The standard InChI is InChI=1S/C19H29NO3/c1-6-17(4)13-19(14(3)18(5,7-2)20(17)21)22-12-15-10-8-9-11-16(15)23-19/h8-11,14,21H,6-7,12-13H2,1-5H3. The molecule has 0 radical (unpaired) electrons. The fourth-order valence-corrected chi connectivity index (χ4v) is 4.20. The first-order valence-electron chi connectivity index (χ1n) is 8.71. The third-order valence-corrected chi connectivity index (χ3v) is 6.42. The lowest BCUT2D eigenvalue weighted by Gasteiger charge is -2.61. The van der Waals surface area contributed by atoms with Crippen LogP contribution in [-0.2, 0) is 11.3 Å². The Morgan fingerprint density at radius 2 is 1.91 bits per heavy atom. The second-order valence-electron chi connectivity index (χ2n) is 7.58. The molecular weight excluding hydrogens is 290 g/mol. The maximum absolute atomic E-state index is 10.9. The number of fused-ring (bicyclic) bond motifs is 1. The van der Waals surface area contributed by atoms with Crippen LogP contribution in [0.5, 0.6) is 5.75 Å². The highest BCUT2D eigenvalue weighted by molar-refractivity contribution is 5.35. The smallest absolute Gasteiger partial charge is 0.217 e. The number of nitrogens with zero attached hydrogens (tertiary/aromatic N) is 1. The summed E-state index contributed by atoms with van der Waals surface area (Å²) in [7, 11) is 0. The van der Waals surface area contributed by atoms with Gasteiger partial charge in [-0.15, -0.1) is 0 Å². The van der Waals surface area contributed by atoms with E-state index < -0.39 is 11.3 Å². The van der Waals surface area contributed by atoms with Gasteiger partial charge in [-0.2, -0.15) is 5.06 Å². The Bertz CT molecular complexity index is 592. The highest BCUT2D eigenvalue weighted by Gasteiger charge is 2.62. The third-order valence-electron chi connectivity index (χ3n) is 6.42. The van der Waals surface area contributed by atoms with Crippen LogP contribution in [0.4, 0.5) is 0 Å². The summed E-state index contributed by atoms with van der Waals surface area (Å²) in [6.45, 7) is 11.1.